The molecule has 0 atom stereocenters. The Morgan fingerprint density at radius 3 is 2.79 bits per heavy atom. The van der Waals surface area contributed by atoms with Crippen molar-refractivity contribution in [3.05, 3.63) is 23.8 Å². The standard InChI is InChI=1S/C14H19N3O2/c1-4-6-10-7-5-8-11-12(10)16-13(15-11)17(9(2)3)14(18)19/h5,7-9H,4,6H2,1-3H3,(H,15,16)(H,18,19)/p-1. The number of rotatable bonds is 4. The van der Waals surface area contributed by atoms with E-state index in [2.05, 4.69) is 16.9 Å². The third-order valence-corrected chi connectivity index (χ3v) is 3.04. The molecule has 5 heteroatoms. The lowest BCUT2D eigenvalue weighted by molar-refractivity contribution is -0.247. The number of benzene rings is 1. The van der Waals surface area contributed by atoms with Gasteiger partial charge in [0.25, 0.3) is 0 Å². The van der Waals surface area contributed by atoms with Gasteiger partial charge in [-0.05, 0) is 31.9 Å². The third kappa shape index (κ3) is 2.54. The Bertz CT molecular complexity index is 589. The first-order chi connectivity index (χ1) is 9.04. The number of fused-ring (bicyclic) bond motifs is 1. The molecule has 0 saturated heterocycles. The number of aromatic nitrogens is 2. The summed E-state index contributed by atoms with van der Waals surface area (Å²) < 4.78 is 0. The van der Waals surface area contributed by atoms with E-state index in [1.54, 1.807) is 13.8 Å². The molecule has 2 aromatic rings. The number of aromatic amines is 1. The summed E-state index contributed by atoms with van der Waals surface area (Å²) >= 11 is 0. The summed E-state index contributed by atoms with van der Waals surface area (Å²) in [5.41, 5.74) is 2.82. The molecule has 0 aliphatic rings. The van der Waals surface area contributed by atoms with E-state index in [1.165, 1.54) is 0 Å². The van der Waals surface area contributed by atoms with Crippen molar-refractivity contribution >= 4 is 23.1 Å². The van der Waals surface area contributed by atoms with E-state index in [1.807, 2.05) is 18.2 Å². The molecule has 0 aliphatic heterocycles. The van der Waals surface area contributed by atoms with Crippen LogP contribution in [0.3, 0.4) is 0 Å². The predicted octanol–water partition coefficient (Wildman–Crippen LogP) is 2.07. The summed E-state index contributed by atoms with van der Waals surface area (Å²) in [6.45, 7) is 5.68. The van der Waals surface area contributed by atoms with E-state index in [0.29, 0.717) is 5.95 Å². The number of nitrogens with zero attached hydrogens (tertiary/aromatic N) is 2. The van der Waals surface area contributed by atoms with Crippen LogP contribution in [-0.2, 0) is 6.42 Å². The second-order valence-electron chi connectivity index (χ2n) is 4.85. The summed E-state index contributed by atoms with van der Waals surface area (Å²) in [6, 6.07) is 5.65. The quantitative estimate of drug-likeness (QED) is 0.914. The molecular weight excluding hydrogens is 242 g/mol. The molecule has 2 rings (SSSR count). The van der Waals surface area contributed by atoms with Crippen LogP contribution >= 0.6 is 0 Å². The van der Waals surface area contributed by atoms with Crippen LogP contribution in [0.1, 0.15) is 32.8 Å². The molecular formula is C14H18N3O2-. The molecule has 1 amide bonds. The number of aryl methyl sites for hydroxylation is 1. The van der Waals surface area contributed by atoms with Gasteiger partial charge in [0.1, 0.15) is 6.09 Å². The molecule has 0 bridgehead atoms. The minimum absolute atomic E-state index is 0.222. The molecule has 1 N–H and O–H groups in total. The minimum Gasteiger partial charge on any atom is -0.530 e. The van der Waals surface area contributed by atoms with Crippen LogP contribution in [0.2, 0.25) is 0 Å². The average molecular weight is 260 g/mol. The maximum atomic E-state index is 11.2. The summed E-state index contributed by atoms with van der Waals surface area (Å²) in [6.07, 6.45) is 0.704. The van der Waals surface area contributed by atoms with Crippen LogP contribution in [0.15, 0.2) is 18.2 Å². The number of anilines is 1. The number of nitrogens with one attached hydrogen (secondary N) is 1. The molecule has 0 radical (unpaired) electrons. The van der Waals surface area contributed by atoms with Crippen LogP contribution < -0.4 is 10.0 Å². The van der Waals surface area contributed by atoms with Crippen molar-refractivity contribution in [2.75, 3.05) is 4.90 Å². The van der Waals surface area contributed by atoms with Crippen molar-refractivity contribution in [1.82, 2.24) is 9.97 Å². The Morgan fingerprint density at radius 1 is 1.47 bits per heavy atom. The zero-order valence-corrected chi connectivity index (χ0v) is 11.4. The molecule has 0 fully saturated rings. The van der Waals surface area contributed by atoms with Gasteiger partial charge >= 0.3 is 0 Å². The number of hydrogen-bond acceptors (Lipinski definition) is 3. The van der Waals surface area contributed by atoms with E-state index >= 15 is 0 Å². The number of imidazole rings is 1. The van der Waals surface area contributed by atoms with Crippen LogP contribution in [-0.4, -0.2) is 22.1 Å². The Hall–Kier alpha value is -2.04. The van der Waals surface area contributed by atoms with Gasteiger partial charge in [-0.2, -0.15) is 0 Å². The summed E-state index contributed by atoms with van der Waals surface area (Å²) in [4.78, 5) is 19.8. The fourth-order valence-corrected chi connectivity index (χ4v) is 2.21. The highest BCUT2D eigenvalue weighted by Gasteiger charge is 2.16. The van der Waals surface area contributed by atoms with Crippen LogP contribution in [0.25, 0.3) is 11.0 Å². The molecule has 102 valence electrons. The summed E-state index contributed by atoms with van der Waals surface area (Å²) in [5.74, 6) is 0.327. The molecule has 0 saturated carbocycles. The van der Waals surface area contributed by atoms with Crippen LogP contribution in [0.5, 0.6) is 0 Å². The van der Waals surface area contributed by atoms with Gasteiger partial charge in [0.05, 0.1) is 11.0 Å². The van der Waals surface area contributed by atoms with Crippen LogP contribution in [0, 0.1) is 0 Å². The first-order valence-corrected chi connectivity index (χ1v) is 6.52. The lowest BCUT2D eigenvalue weighted by atomic mass is 10.1. The number of H-pyrrole nitrogens is 1. The normalized spacial score (nSPS) is 11.2. The Morgan fingerprint density at radius 2 is 2.21 bits per heavy atom. The average Bonchev–Trinajstić information content (AvgIpc) is 2.72. The number of hydrogen-bond donors (Lipinski definition) is 1. The number of para-hydroxylation sites is 1. The Labute approximate surface area is 112 Å². The fourth-order valence-electron chi connectivity index (χ4n) is 2.21. The zero-order valence-electron chi connectivity index (χ0n) is 11.4. The van der Waals surface area contributed by atoms with Crippen molar-refractivity contribution in [1.29, 1.82) is 0 Å². The van der Waals surface area contributed by atoms with E-state index in [4.69, 9.17) is 0 Å². The molecule has 19 heavy (non-hydrogen) atoms. The van der Waals surface area contributed by atoms with Gasteiger partial charge in [0.15, 0.2) is 0 Å². The topological polar surface area (TPSA) is 72.0 Å². The Balaban J connectivity index is 2.51. The van der Waals surface area contributed by atoms with Gasteiger partial charge in [0, 0.05) is 6.04 Å². The van der Waals surface area contributed by atoms with Gasteiger partial charge in [-0.25, -0.2) is 4.98 Å². The van der Waals surface area contributed by atoms with E-state index in [9.17, 15) is 9.90 Å². The number of amides is 1. The number of carbonyl (C=O) groups excluding carboxylic acids is 1. The zero-order chi connectivity index (χ0) is 14.0. The maximum Gasteiger partial charge on any atom is 0.209 e. The fraction of sp³-hybridized carbons (Fsp3) is 0.429. The monoisotopic (exact) mass is 260 g/mol. The van der Waals surface area contributed by atoms with Gasteiger partial charge in [-0.3, -0.25) is 4.90 Å². The van der Waals surface area contributed by atoms with Crippen molar-refractivity contribution in [2.24, 2.45) is 0 Å². The first-order valence-electron chi connectivity index (χ1n) is 6.52. The molecule has 1 heterocycles. The highest BCUT2D eigenvalue weighted by molar-refractivity contribution is 5.87. The highest BCUT2D eigenvalue weighted by atomic mass is 16.4. The Kier molecular flexibility index (Phi) is 3.74. The van der Waals surface area contributed by atoms with Crippen molar-refractivity contribution in [3.8, 4) is 0 Å². The lowest BCUT2D eigenvalue weighted by Gasteiger charge is -2.26. The third-order valence-electron chi connectivity index (χ3n) is 3.04. The SMILES string of the molecule is CCCc1cccc2[nH]c(N(C(=O)[O-])C(C)C)nc12. The van der Waals surface area contributed by atoms with Gasteiger partial charge in [-0.1, -0.05) is 25.5 Å². The van der Waals surface area contributed by atoms with Crippen LogP contribution in [0.4, 0.5) is 10.7 Å². The van der Waals surface area contributed by atoms with Crippen molar-refractivity contribution in [2.45, 2.75) is 39.7 Å². The minimum atomic E-state index is -1.24. The molecule has 1 aromatic heterocycles. The predicted molar refractivity (Wildman–Crippen MR) is 73.1 cm³/mol. The number of carbonyl (C=O) groups is 1. The van der Waals surface area contributed by atoms with Crippen molar-refractivity contribution < 1.29 is 9.90 Å². The van der Waals surface area contributed by atoms with Gasteiger partial charge < -0.3 is 14.9 Å². The second kappa shape index (κ2) is 5.30. The van der Waals surface area contributed by atoms with Gasteiger partial charge in [-0.15, -0.1) is 0 Å². The largest absolute Gasteiger partial charge is 0.530 e. The molecule has 0 spiro atoms. The summed E-state index contributed by atoms with van der Waals surface area (Å²) in [7, 11) is 0. The number of carboxylic acid groups (broad SMARTS) is 1. The highest BCUT2D eigenvalue weighted by Crippen LogP contribution is 2.22. The summed E-state index contributed by atoms with van der Waals surface area (Å²) in [5, 5.41) is 11.2. The molecule has 0 unspecified atom stereocenters. The van der Waals surface area contributed by atoms with E-state index in [-0.39, 0.29) is 6.04 Å². The molecule has 5 nitrogen and oxygen atoms in total. The van der Waals surface area contributed by atoms with Gasteiger partial charge in [0.2, 0.25) is 5.95 Å². The first kappa shape index (κ1) is 13.4. The molecule has 0 aliphatic carbocycles. The molecule has 1 aromatic carbocycles. The maximum absolute atomic E-state index is 11.2. The second-order valence-corrected chi connectivity index (χ2v) is 4.85. The van der Waals surface area contributed by atoms with E-state index in [0.717, 1.165) is 34.3 Å². The smallest absolute Gasteiger partial charge is 0.209 e. The van der Waals surface area contributed by atoms with Crippen molar-refractivity contribution in [3.63, 3.8) is 0 Å². The van der Waals surface area contributed by atoms with E-state index < -0.39 is 6.09 Å². The lowest BCUT2D eigenvalue weighted by Crippen LogP contribution is -2.46.